The third-order valence-electron chi connectivity index (χ3n) is 3.46. The van der Waals surface area contributed by atoms with Gasteiger partial charge in [0.2, 0.25) is 0 Å². The minimum Gasteiger partial charge on any atom is -0.483 e. The molecular formula is C19H20N2O5. The minimum absolute atomic E-state index is 0.190. The third kappa shape index (κ3) is 4.83. The molecule has 0 aliphatic rings. The van der Waals surface area contributed by atoms with E-state index in [1.807, 2.05) is 6.92 Å². The number of nitrogens with two attached hydrogens (primary N) is 1. The molecule has 0 aliphatic heterocycles. The molecule has 0 saturated carbocycles. The van der Waals surface area contributed by atoms with Crippen LogP contribution in [0.25, 0.3) is 0 Å². The highest BCUT2D eigenvalue weighted by Crippen LogP contribution is 2.20. The van der Waals surface area contributed by atoms with Crippen molar-refractivity contribution in [3.8, 4) is 5.75 Å². The standard InChI is InChI=1S/C19H20N2O5/c1-3-25-19(24)13-6-4-5-7-15(13)21-17(22)11-26-16-10-12(2)8-9-14(16)18(20)23/h4-10H,3,11H2,1-2H3,(H2,20,23)(H,21,22). The van der Waals surface area contributed by atoms with E-state index in [4.69, 9.17) is 15.2 Å². The number of anilines is 1. The number of hydrogen-bond donors (Lipinski definition) is 2. The highest BCUT2D eigenvalue weighted by Gasteiger charge is 2.15. The highest BCUT2D eigenvalue weighted by atomic mass is 16.5. The summed E-state index contributed by atoms with van der Waals surface area (Å²) in [5.74, 6) is -1.43. The maximum Gasteiger partial charge on any atom is 0.340 e. The van der Waals surface area contributed by atoms with Crippen LogP contribution >= 0.6 is 0 Å². The van der Waals surface area contributed by atoms with Crippen LogP contribution in [-0.2, 0) is 9.53 Å². The normalized spacial score (nSPS) is 10.1. The van der Waals surface area contributed by atoms with Crippen molar-refractivity contribution in [3.63, 3.8) is 0 Å². The van der Waals surface area contributed by atoms with Crippen molar-refractivity contribution >= 4 is 23.5 Å². The fraction of sp³-hybridized carbons (Fsp3) is 0.211. The average molecular weight is 356 g/mol. The Morgan fingerprint density at radius 3 is 2.50 bits per heavy atom. The molecule has 2 aromatic carbocycles. The summed E-state index contributed by atoms with van der Waals surface area (Å²) in [7, 11) is 0. The summed E-state index contributed by atoms with van der Waals surface area (Å²) in [4.78, 5) is 35.5. The molecule has 0 unspecified atom stereocenters. The predicted molar refractivity (Wildman–Crippen MR) is 96.2 cm³/mol. The largest absolute Gasteiger partial charge is 0.483 e. The lowest BCUT2D eigenvalue weighted by atomic mass is 10.1. The van der Waals surface area contributed by atoms with E-state index in [1.54, 1.807) is 49.4 Å². The lowest BCUT2D eigenvalue weighted by molar-refractivity contribution is -0.118. The summed E-state index contributed by atoms with van der Waals surface area (Å²) < 4.78 is 10.4. The van der Waals surface area contributed by atoms with Crippen molar-refractivity contribution < 1.29 is 23.9 Å². The number of ether oxygens (including phenoxy) is 2. The lowest BCUT2D eigenvalue weighted by Crippen LogP contribution is -2.23. The van der Waals surface area contributed by atoms with Gasteiger partial charge in [-0.15, -0.1) is 0 Å². The summed E-state index contributed by atoms with van der Waals surface area (Å²) in [5.41, 5.74) is 6.92. The number of amides is 2. The number of hydrogen-bond acceptors (Lipinski definition) is 5. The zero-order valence-electron chi connectivity index (χ0n) is 14.6. The Morgan fingerprint density at radius 2 is 1.81 bits per heavy atom. The van der Waals surface area contributed by atoms with Gasteiger partial charge in [-0.05, 0) is 43.7 Å². The zero-order valence-corrected chi connectivity index (χ0v) is 14.6. The number of primary amides is 1. The van der Waals surface area contributed by atoms with Crippen LogP contribution in [0.15, 0.2) is 42.5 Å². The minimum atomic E-state index is -0.645. The molecular weight excluding hydrogens is 336 g/mol. The second-order valence-corrected chi connectivity index (χ2v) is 5.47. The highest BCUT2D eigenvalue weighted by molar-refractivity contribution is 6.01. The SMILES string of the molecule is CCOC(=O)c1ccccc1NC(=O)COc1cc(C)ccc1C(N)=O. The molecule has 0 aromatic heterocycles. The number of esters is 1. The Hall–Kier alpha value is -3.35. The maximum atomic E-state index is 12.2. The lowest BCUT2D eigenvalue weighted by Gasteiger charge is -2.12. The van der Waals surface area contributed by atoms with Gasteiger partial charge in [0.25, 0.3) is 11.8 Å². The summed E-state index contributed by atoms with van der Waals surface area (Å²) in [6.45, 7) is 3.41. The number of benzene rings is 2. The third-order valence-corrected chi connectivity index (χ3v) is 3.46. The van der Waals surface area contributed by atoms with Crippen LogP contribution in [0.3, 0.4) is 0 Å². The first-order chi connectivity index (χ1) is 12.4. The van der Waals surface area contributed by atoms with Crippen LogP contribution in [0.2, 0.25) is 0 Å². The van der Waals surface area contributed by atoms with Crippen molar-refractivity contribution in [1.82, 2.24) is 0 Å². The van der Waals surface area contributed by atoms with E-state index in [1.165, 1.54) is 0 Å². The number of carbonyl (C=O) groups excluding carboxylic acids is 3. The number of carbonyl (C=O) groups is 3. The van der Waals surface area contributed by atoms with Gasteiger partial charge in [-0.3, -0.25) is 9.59 Å². The van der Waals surface area contributed by atoms with Gasteiger partial charge in [0.05, 0.1) is 23.4 Å². The van der Waals surface area contributed by atoms with Gasteiger partial charge in [0, 0.05) is 0 Å². The average Bonchev–Trinajstić information content (AvgIpc) is 2.60. The molecule has 2 amide bonds. The van der Waals surface area contributed by atoms with Gasteiger partial charge in [-0.2, -0.15) is 0 Å². The molecule has 3 N–H and O–H groups in total. The van der Waals surface area contributed by atoms with E-state index in [0.717, 1.165) is 5.56 Å². The van der Waals surface area contributed by atoms with Gasteiger partial charge in [-0.25, -0.2) is 4.79 Å². The van der Waals surface area contributed by atoms with E-state index >= 15 is 0 Å². The van der Waals surface area contributed by atoms with Gasteiger partial charge >= 0.3 is 5.97 Å². The summed E-state index contributed by atoms with van der Waals surface area (Å²) in [5, 5.41) is 2.60. The number of rotatable bonds is 7. The first kappa shape index (κ1) is 19.0. The Morgan fingerprint density at radius 1 is 1.08 bits per heavy atom. The Bertz CT molecular complexity index is 832. The van der Waals surface area contributed by atoms with Crippen molar-refractivity contribution in [2.24, 2.45) is 5.73 Å². The van der Waals surface area contributed by atoms with Crippen LogP contribution < -0.4 is 15.8 Å². The molecule has 0 bridgehead atoms. The van der Waals surface area contributed by atoms with E-state index in [9.17, 15) is 14.4 Å². The summed E-state index contributed by atoms with van der Waals surface area (Å²) >= 11 is 0. The first-order valence-electron chi connectivity index (χ1n) is 8.01. The molecule has 26 heavy (non-hydrogen) atoms. The molecule has 7 nitrogen and oxygen atoms in total. The molecule has 0 aliphatic carbocycles. The fourth-order valence-electron chi connectivity index (χ4n) is 2.26. The van der Waals surface area contributed by atoms with Crippen LogP contribution in [-0.4, -0.2) is 31.0 Å². The molecule has 0 saturated heterocycles. The molecule has 0 atom stereocenters. The second-order valence-electron chi connectivity index (χ2n) is 5.47. The van der Waals surface area contributed by atoms with E-state index < -0.39 is 17.8 Å². The predicted octanol–water partition coefficient (Wildman–Crippen LogP) is 2.29. The topological polar surface area (TPSA) is 108 Å². The zero-order chi connectivity index (χ0) is 19.1. The van der Waals surface area contributed by atoms with Gasteiger partial charge in [-0.1, -0.05) is 18.2 Å². The Kier molecular flexibility index (Phi) is 6.32. The molecule has 136 valence electrons. The molecule has 2 aromatic rings. The van der Waals surface area contributed by atoms with Gasteiger partial charge < -0.3 is 20.5 Å². The Balaban J connectivity index is 2.08. The van der Waals surface area contributed by atoms with E-state index in [2.05, 4.69) is 5.32 Å². The number of aryl methyl sites for hydroxylation is 1. The number of para-hydroxylation sites is 1. The Labute approximate surface area is 151 Å². The van der Waals surface area contributed by atoms with Crippen molar-refractivity contribution in [3.05, 3.63) is 59.2 Å². The molecule has 0 fully saturated rings. The summed E-state index contributed by atoms with van der Waals surface area (Å²) in [6.07, 6.45) is 0. The van der Waals surface area contributed by atoms with Crippen LogP contribution in [0, 0.1) is 6.92 Å². The van der Waals surface area contributed by atoms with Crippen LogP contribution in [0.5, 0.6) is 5.75 Å². The maximum absolute atomic E-state index is 12.2. The van der Waals surface area contributed by atoms with E-state index in [0.29, 0.717) is 5.69 Å². The monoisotopic (exact) mass is 356 g/mol. The van der Waals surface area contributed by atoms with Crippen LogP contribution in [0.4, 0.5) is 5.69 Å². The smallest absolute Gasteiger partial charge is 0.340 e. The van der Waals surface area contributed by atoms with Crippen molar-refractivity contribution in [1.29, 1.82) is 0 Å². The molecule has 0 spiro atoms. The molecule has 0 heterocycles. The van der Waals surface area contributed by atoms with Gasteiger partial charge in [0.15, 0.2) is 6.61 Å². The van der Waals surface area contributed by atoms with Crippen LogP contribution in [0.1, 0.15) is 33.2 Å². The molecule has 7 heteroatoms. The second kappa shape index (κ2) is 8.66. The van der Waals surface area contributed by atoms with E-state index in [-0.39, 0.29) is 30.1 Å². The molecule has 0 radical (unpaired) electrons. The summed E-state index contributed by atoms with van der Waals surface area (Å²) in [6, 6.07) is 11.4. The fourth-order valence-corrected chi connectivity index (χ4v) is 2.26. The quantitative estimate of drug-likeness (QED) is 0.740. The molecule has 2 rings (SSSR count). The first-order valence-corrected chi connectivity index (χ1v) is 8.01. The van der Waals surface area contributed by atoms with Gasteiger partial charge in [0.1, 0.15) is 5.75 Å². The van der Waals surface area contributed by atoms with Crippen molar-refractivity contribution in [2.75, 3.05) is 18.5 Å². The number of nitrogens with one attached hydrogen (secondary N) is 1. The van der Waals surface area contributed by atoms with Crippen molar-refractivity contribution in [2.45, 2.75) is 13.8 Å².